The molecule has 21 heavy (non-hydrogen) atoms. The number of aliphatic hydroxyl groups is 1. The quantitative estimate of drug-likeness (QED) is 0.785. The topological polar surface area (TPSA) is 47.9 Å². The lowest BCUT2D eigenvalue weighted by atomic mass is 10.1. The maximum absolute atomic E-state index is 10.3. The molecular formula is C17H24O4. The first-order chi connectivity index (χ1) is 10.0. The fourth-order valence-electron chi connectivity index (χ4n) is 2.42. The zero-order valence-electron chi connectivity index (χ0n) is 12.7. The molecule has 0 aliphatic carbocycles. The van der Waals surface area contributed by atoms with Gasteiger partial charge in [0.15, 0.2) is 5.79 Å². The van der Waals surface area contributed by atoms with Gasteiger partial charge in [-0.1, -0.05) is 36.4 Å². The third-order valence-electron chi connectivity index (χ3n) is 3.47. The lowest BCUT2D eigenvalue weighted by molar-refractivity contribution is -0.171. The van der Waals surface area contributed by atoms with Gasteiger partial charge >= 0.3 is 0 Å². The van der Waals surface area contributed by atoms with E-state index >= 15 is 0 Å². The molecule has 3 atom stereocenters. The predicted octanol–water partition coefficient (Wildman–Crippen LogP) is 2.66. The minimum absolute atomic E-state index is 0.279. The van der Waals surface area contributed by atoms with Crippen LogP contribution in [0.1, 0.15) is 25.8 Å². The van der Waals surface area contributed by atoms with Gasteiger partial charge in [0.25, 0.3) is 0 Å². The van der Waals surface area contributed by atoms with Crippen molar-refractivity contribution in [2.45, 2.75) is 51.0 Å². The van der Waals surface area contributed by atoms with Crippen LogP contribution in [0.25, 0.3) is 0 Å². The molecule has 2 rings (SSSR count). The summed E-state index contributed by atoms with van der Waals surface area (Å²) >= 11 is 0. The zero-order valence-corrected chi connectivity index (χ0v) is 12.7. The maximum atomic E-state index is 10.3. The van der Waals surface area contributed by atoms with E-state index in [-0.39, 0.29) is 6.10 Å². The van der Waals surface area contributed by atoms with Crippen molar-refractivity contribution in [2.75, 3.05) is 6.61 Å². The van der Waals surface area contributed by atoms with Gasteiger partial charge in [-0.05, 0) is 25.8 Å². The van der Waals surface area contributed by atoms with E-state index in [1.807, 2.05) is 44.2 Å². The normalized spacial score (nSPS) is 23.7. The van der Waals surface area contributed by atoms with Crippen LogP contribution in [0.3, 0.4) is 0 Å². The molecule has 0 saturated carbocycles. The molecule has 1 aromatic rings. The van der Waals surface area contributed by atoms with Crippen LogP contribution < -0.4 is 0 Å². The van der Waals surface area contributed by atoms with Crippen LogP contribution >= 0.6 is 0 Å². The Morgan fingerprint density at radius 1 is 1.43 bits per heavy atom. The van der Waals surface area contributed by atoms with Crippen molar-refractivity contribution in [1.29, 1.82) is 0 Å². The summed E-state index contributed by atoms with van der Waals surface area (Å²) < 4.78 is 17.3. The third kappa shape index (κ3) is 4.64. The molecule has 0 amide bonds. The summed E-state index contributed by atoms with van der Waals surface area (Å²) in [6, 6.07) is 9.88. The Bertz CT molecular complexity index is 443. The number of rotatable bonds is 7. The second-order valence-corrected chi connectivity index (χ2v) is 5.72. The molecule has 0 spiro atoms. The van der Waals surface area contributed by atoms with Gasteiger partial charge in [-0.3, -0.25) is 0 Å². The van der Waals surface area contributed by atoms with Crippen molar-refractivity contribution in [3.8, 4) is 0 Å². The first-order valence-electron chi connectivity index (χ1n) is 7.28. The zero-order chi connectivity index (χ0) is 15.3. The molecule has 0 bridgehead atoms. The monoisotopic (exact) mass is 292 g/mol. The number of hydrogen-bond acceptors (Lipinski definition) is 4. The molecule has 4 nitrogen and oxygen atoms in total. The van der Waals surface area contributed by atoms with Crippen molar-refractivity contribution < 1.29 is 19.3 Å². The molecule has 0 radical (unpaired) electrons. The summed E-state index contributed by atoms with van der Waals surface area (Å²) in [5, 5.41) is 10.3. The van der Waals surface area contributed by atoms with E-state index in [1.165, 1.54) is 0 Å². The second-order valence-electron chi connectivity index (χ2n) is 5.72. The number of aliphatic hydroxyl groups excluding tert-OH is 1. The predicted molar refractivity (Wildman–Crippen MR) is 80.7 cm³/mol. The molecule has 0 unspecified atom stereocenters. The Kier molecular flexibility index (Phi) is 5.53. The number of benzene rings is 1. The van der Waals surface area contributed by atoms with E-state index in [2.05, 4.69) is 6.58 Å². The van der Waals surface area contributed by atoms with E-state index in [9.17, 15) is 5.11 Å². The highest BCUT2D eigenvalue weighted by Gasteiger charge is 2.40. The molecule has 4 heteroatoms. The van der Waals surface area contributed by atoms with Gasteiger partial charge in [0.2, 0.25) is 0 Å². The minimum Gasteiger partial charge on any atom is -0.390 e. The van der Waals surface area contributed by atoms with Crippen molar-refractivity contribution in [2.24, 2.45) is 0 Å². The molecule has 0 aromatic heterocycles. The summed E-state index contributed by atoms with van der Waals surface area (Å²) in [6.45, 7) is 8.24. The number of ether oxygens (including phenoxy) is 3. The van der Waals surface area contributed by atoms with Crippen LogP contribution in [-0.2, 0) is 20.8 Å². The van der Waals surface area contributed by atoms with Gasteiger partial charge in [-0.2, -0.15) is 0 Å². The fourth-order valence-corrected chi connectivity index (χ4v) is 2.42. The van der Waals surface area contributed by atoms with Crippen molar-refractivity contribution in [3.63, 3.8) is 0 Å². The summed E-state index contributed by atoms with van der Waals surface area (Å²) in [7, 11) is 0. The first kappa shape index (κ1) is 16.2. The van der Waals surface area contributed by atoms with Crippen LogP contribution in [0.4, 0.5) is 0 Å². The van der Waals surface area contributed by atoms with Gasteiger partial charge in [0.1, 0.15) is 12.2 Å². The highest BCUT2D eigenvalue weighted by Crippen LogP contribution is 2.27. The molecule has 1 saturated heterocycles. The molecular weight excluding hydrogens is 268 g/mol. The molecule has 1 aliphatic rings. The van der Waals surface area contributed by atoms with Crippen LogP contribution in [-0.4, -0.2) is 35.8 Å². The third-order valence-corrected chi connectivity index (χ3v) is 3.47. The Morgan fingerprint density at radius 3 is 2.71 bits per heavy atom. The Balaban J connectivity index is 2.00. The minimum atomic E-state index is -0.659. The summed E-state index contributed by atoms with van der Waals surface area (Å²) in [4.78, 5) is 0. The lowest BCUT2D eigenvalue weighted by Gasteiger charge is -2.28. The molecule has 1 fully saturated rings. The Labute approximate surface area is 126 Å². The fraction of sp³-hybridized carbons (Fsp3) is 0.529. The van der Waals surface area contributed by atoms with Crippen LogP contribution in [0.15, 0.2) is 43.0 Å². The molecule has 1 N–H and O–H groups in total. The molecule has 1 aliphatic heterocycles. The van der Waals surface area contributed by atoms with E-state index in [4.69, 9.17) is 14.2 Å². The van der Waals surface area contributed by atoms with E-state index in [0.29, 0.717) is 19.6 Å². The average Bonchev–Trinajstić information content (AvgIpc) is 2.81. The van der Waals surface area contributed by atoms with Crippen LogP contribution in [0.5, 0.6) is 0 Å². The molecule has 1 aromatic carbocycles. The van der Waals surface area contributed by atoms with E-state index in [1.54, 1.807) is 6.08 Å². The maximum Gasteiger partial charge on any atom is 0.163 e. The van der Waals surface area contributed by atoms with Gasteiger partial charge in [0.05, 0.1) is 19.3 Å². The largest absolute Gasteiger partial charge is 0.390 e. The van der Waals surface area contributed by atoms with Crippen molar-refractivity contribution in [1.82, 2.24) is 0 Å². The lowest BCUT2D eigenvalue weighted by Crippen LogP contribution is -2.41. The first-order valence-corrected chi connectivity index (χ1v) is 7.28. The SMILES string of the molecule is C=CC[C@H](O)[C@H](OCc1ccccc1)[C@@H]1COC(C)(C)O1. The summed E-state index contributed by atoms with van der Waals surface area (Å²) in [6.07, 6.45) is 0.766. The molecule has 116 valence electrons. The van der Waals surface area contributed by atoms with Crippen LogP contribution in [0.2, 0.25) is 0 Å². The average molecular weight is 292 g/mol. The van der Waals surface area contributed by atoms with Gasteiger partial charge in [0, 0.05) is 0 Å². The van der Waals surface area contributed by atoms with Crippen molar-refractivity contribution in [3.05, 3.63) is 48.6 Å². The Morgan fingerprint density at radius 2 is 2.14 bits per heavy atom. The second kappa shape index (κ2) is 7.18. The highest BCUT2D eigenvalue weighted by molar-refractivity contribution is 5.13. The van der Waals surface area contributed by atoms with Gasteiger partial charge in [-0.15, -0.1) is 6.58 Å². The molecule has 1 heterocycles. The smallest absolute Gasteiger partial charge is 0.163 e. The van der Waals surface area contributed by atoms with Crippen LogP contribution in [0, 0.1) is 0 Å². The van der Waals surface area contributed by atoms with Gasteiger partial charge in [-0.25, -0.2) is 0 Å². The van der Waals surface area contributed by atoms with E-state index < -0.39 is 18.0 Å². The van der Waals surface area contributed by atoms with Gasteiger partial charge < -0.3 is 19.3 Å². The Hall–Kier alpha value is -1.20. The summed E-state index contributed by atoms with van der Waals surface area (Å²) in [5.74, 6) is -0.632. The highest BCUT2D eigenvalue weighted by atomic mass is 16.7. The van der Waals surface area contributed by atoms with Crippen molar-refractivity contribution >= 4 is 0 Å². The summed E-state index contributed by atoms with van der Waals surface area (Å²) in [5.41, 5.74) is 1.06. The standard InChI is InChI=1S/C17H24O4/c1-4-8-14(18)16(15-12-20-17(2,3)21-15)19-11-13-9-6-5-7-10-13/h4-7,9-10,14-16,18H,1,8,11-12H2,2-3H3/t14-,15-,16-/m0/s1. The van der Waals surface area contributed by atoms with E-state index in [0.717, 1.165) is 5.56 Å². The number of hydrogen-bond donors (Lipinski definition) is 1.